The van der Waals surface area contributed by atoms with Crippen molar-refractivity contribution in [2.75, 3.05) is 6.54 Å². The third-order valence-electron chi connectivity index (χ3n) is 4.23. The van der Waals surface area contributed by atoms with Crippen LogP contribution in [0.15, 0.2) is 39.6 Å². The number of alkyl halides is 3. The molecule has 1 aliphatic heterocycles. The summed E-state index contributed by atoms with van der Waals surface area (Å²) >= 11 is 0. The standard InChI is InChI=1S/C16H17F3N2O2/c17-16(18,19)13-4-2-1-3-10(13)7-12-8-11(5-6-20-12)14-9-15(22)21-23-14/h1-4,9,11-12,20H,5-8H2,(H,21,22)/t11-,12+/m0/s1. The van der Waals surface area contributed by atoms with Crippen LogP contribution in [-0.2, 0) is 12.6 Å². The minimum Gasteiger partial charge on any atom is -0.383 e. The number of nitrogens with one attached hydrogen (secondary N) is 2. The maximum Gasteiger partial charge on any atom is 0.416 e. The van der Waals surface area contributed by atoms with Gasteiger partial charge >= 0.3 is 6.18 Å². The van der Waals surface area contributed by atoms with E-state index in [-0.39, 0.29) is 23.1 Å². The SMILES string of the molecule is O=c1cc([C@H]2CCN[C@H](Cc3ccccc3C(F)(F)F)C2)o[nH]1. The normalized spacial score (nSPS) is 22.2. The molecule has 1 saturated heterocycles. The quantitative estimate of drug-likeness (QED) is 0.911. The molecule has 4 nitrogen and oxygen atoms in total. The maximum absolute atomic E-state index is 13.1. The second-order valence-electron chi connectivity index (χ2n) is 5.85. The lowest BCUT2D eigenvalue weighted by atomic mass is 9.87. The number of H-pyrrole nitrogens is 1. The van der Waals surface area contributed by atoms with Crippen molar-refractivity contribution in [1.82, 2.24) is 10.5 Å². The minimum absolute atomic E-state index is 0.0400. The third-order valence-corrected chi connectivity index (χ3v) is 4.23. The van der Waals surface area contributed by atoms with Gasteiger partial charge in [0.2, 0.25) is 0 Å². The van der Waals surface area contributed by atoms with Crippen LogP contribution in [0.3, 0.4) is 0 Å². The predicted octanol–water partition coefficient (Wildman–Crippen LogP) is 3.07. The van der Waals surface area contributed by atoms with Crippen molar-refractivity contribution < 1.29 is 17.7 Å². The first-order chi connectivity index (χ1) is 10.9. The largest absolute Gasteiger partial charge is 0.416 e. The topological polar surface area (TPSA) is 58.0 Å². The first kappa shape index (κ1) is 15.9. The van der Waals surface area contributed by atoms with Crippen molar-refractivity contribution >= 4 is 0 Å². The van der Waals surface area contributed by atoms with Crippen LogP contribution in [0.1, 0.15) is 35.6 Å². The number of piperidine rings is 1. The van der Waals surface area contributed by atoms with Crippen LogP contribution in [0.5, 0.6) is 0 Å². The fraction of sp³-hybridized carbons (Fsp3) is 0.438. The highest BCUT2D eigenvalue weighted by atomic mass is 19.4. The van der Waals surface area contributed by atoms with Crippen molar-refractivity contribution in [3.8, 4) is 0 Å². The first-order valence-electron chi connectivity index (χ1n) is 7.50. The summed E-state index contributed by atoms with van der Waals surface area (Å²) < 4.78 is 44.4. The molecule has 0 spiro atoms. The molecule has 1 aliphatic rings. The molecule has 1 fully saturated rings. The molecule has 7 heteroatoms. The number of hydrogen-bond donors (Lipinski definition) is 2. The molecule has 0 bridgehead atoms. The molecule has 0 aliphatic carbocycles. The Morgan fingerprint density at radius 3 is 2.74 bits per heavy atom. The molecule has 1 aromatic heterocycles. The van der Waals surface area contributed by atoms with Gasteiger partial charge in [0.15, 0.2) is 0 Å². The number of rotatable bonds is 3. The zero-order valence-corrected chi connectivity index (χ0v) is 12.3. The average Bonchev–Trinajstić information content (AvgIpc) is 2.94. The Morgan fingerprint density at radius 1 is 1.26 bits per heavy atom. The smallest absolute Gasteiger partial charge is 0.383 e. The average molecular weight is 326 g/mol. The lowest BCUT2D eigenvalue weighted by Crippen LogP contribution is -2.39. The van der Waals surface area contributed by atoms with E-state index < -0.39 is 11.7 Å². The molecule has 0 radical (unpaired) electrons. The van der Waals surface area contributed by atoms with Crippen LogP contribution in [0.4, 0.5) is 13.2 Å². The molecule has 1 aromatic carbocycles. The predicted molar refractivity (Wildman–Crippen MR) is 78.2 cm³/mol. The molecule has 23 heavy (non-hydrogen) atoms. The number of halogens is 3. The Kier molecular flexibility index (Phi) is 4.30. The van der Waals surface area contributed by atoms with Crippen LogP contribution in [-0.4, -0.2) is 17.7 Å². The molecule has 2 N–H and O–H groups in total. The number of hydrogen-bond acceptors (Lipinski definition) is 3. The first-order valence-corrected chi connectivity index (χ1v) is 7.50. The van der Waals surface area contributed by atoms with Gasteiger partial charge in [0.25, 0.3) is 5.56 Å². The molecular formula is C16H17F3N2O2. The van der Waals surface area contributed by atoms with Crippen LogP contribution >= 0.6 is 0 Å². The molecule has 2 atom stereocenters. The zero-order chi connectivity index (χ0) is 16.4. The molecule has 0 amide bonds. The fourth-order valence-corrected chi connectivity index (χ4v) is 3.16. The monoisotopic (exact) mass is 326 g/mol. The lowest BCUT2D eigenvalue weighted by molar-refractivity contribution is -0.138. The van der Waals surface area contributed by atoms with Gasteiger partial charge in [-0.15, -0.1) is 0 Å². The zero-order valence-electron chi connectivity index (χ0n) is 12.3. The van der Waals surface area contributed by atoms with Crippen molar-refractivity contribution in [3.63, 3.8) is 0 Å². The second kappa shape index (κ2) is 6.23. The number of aromatic nitrogens is 1. The van der Waals surface area contributed by atoms with Crippen LogP contribution < -0.4 is 10.9 Å². The van der Waals surface area contributed by atoms with E-state index in [0.717, 1.165) is 12.5 Å². The van der Waals surface area contributed by atoms with Gasteiger partial charge in [-0.2, -0.15) is 18.3 Å². The van der Waals surface area contributed by atoms with Gasteiger partial charge in [0.05, 0.1) is 5.56 Å². The molecule has 0 unspecified atom stereocenters. The summed E-state index contributed by atoms with van der Waals surface area (Å²) in [6, 6.07) is 6.98. The van der Waals surface area contributed by atoms with E-state index in [4.69, 9.17) is 4.52 Å². The van der Waals surface area contributed by atoms with E-state index in [1.54, 1.807) is 6.07 Å². The Balaban J connectivity index is 1.75. The van der Waals surface area contributed by atoms with Gasteiger partial charge in [-0.05, 0) is 37.4 Å². The summed E-state index contributed by atoms with van der Waals surface area (Å²) in [6.07, 6.45) is -2.63. The Labute approximate surface area is 130 Å². The van der Waals surface area contributed by atoms with Crippen molar-refractivity contribution in [1.29, 1.82) is 0 Å². The van der Waals surface area contributed by atoms with E-state index in [2.05, 4.69) is 10.5 Å². The highest BCUT2D eigenvalue weighted by molar-refractivity contribution is 5.30. The van der Waals surface area contributed by atoms with E-state index in [1.807, 2.05) is 0 Å². The lowest BCUT2D eigenvalue weighted by Gasteiger charge is -2.29. The molecule has 3 rings (SSSR count). The van der Waals surface area contributed by atoms with E-state index in [9.17, 15) is 18.0 Å². The maximum atomic E-state index is 13.1. The number of benzene rings is 1. The summed E-state index contributed by atoms with van der Waals surface area (Å²) in [7, 11) is 0. The molecule has 0 saturated carbocycles. The third kappa shape index (κ3) is 3.67. The Morgan fingerprint density at radius 2 is 2.04 bits per heavy atom. The molecular weight excluding hydrogens is 309 g/mol. The van der Waals surface area contributed by atoms with Gasteiger partial charge < -0.3 is 9.84 Å². The summed E-state index contributed by atoms with van der Waals surface area (Å²) in [5.41, 5.74) is -0.594. The van der Waals surface area contributed by atoms with Crippen LogP contribution in [0, 0.1) is 0 Å². The van der Waals surface area contributed by atoms with E-state index >= 15 is 0 Å². The van der Waals surface area contributed by atoms with Gasteiger partial charge in [0, 0.05) is 18.0 Å². The second-order valence-corrected chi connectivity index (χ2v) is 5.85. The Hall–Kier alpha value is -2.02. The van der Waals surface area contributed by atoms with Crippen molar-refractivity contribution in [2.24, 2.45) is 0 Å². The van der Waals surface area contributed by atoms with Crippen molar-refractivity contribution in [2.45, 2.75) is 37.4 Å². The van der Waals surface area contributed by atoms with Crippen LogP contribution in [0.2, 0.25) is 0 Å². The summed E-state index contributed by atoms with van der Waals surface area (Å²) in [5, 5.41) is 5.52. The minimum atomic E-state index is -4.35. The molecule has 2 aromatic rings. The summed E-state index contributed by atoms with van der Waals surface area (Å²) in [5.74, 6) is 0.615. The van der Waals surface area contributed by atoms with Gasteiger partial charge in [-0.3, -0.25) is 4.79 Å². The molecule has 124 valence electrons. The highest BCUT2D eigenvalue weighted by Gasteiger charge is 2.34. The van der Waals surface area contributed by atoms with Gasteiger partial charge in [0.1, 0.15) is 5.76 Å². The van der Waals surface area contributed by atoms with E-state index in [0.29, 0.717) is 25.1 Å². The highest BCUT2D eigenvalue weighted by Crippen LogP contribution is 2.34. The number of aromatic amines is 1. The van der Waals surface area contributed by atoms with Gasteiger partial charge in [-0.1, -0.05) is 18.2 Å². The van der Waals surface area contributed by atoms with Crippen LogP contribution in [0.25, 0.3) is 0 Å². The Bertz CT molecular complexity index is 720. The van der Waals surface area contributed by atoms with Gasteiger partial charge in [-0.25, -0.2) is 0 Å². The van der Waals surface area contributed by atoms with E-state index in [1.165, 1.54) is 18.2 Å². The fourth-order valence-electron chi connectivity index (χ4n) is 3.16. The molecule has 2 heterocycles. The summed E-state index contributed by atoms with van der Waals surface area (Å²) in [4.78, 5) is 11.2. The van der Waals surface area contributed by atoms with Crippen molar-refractivity contribution in [3.05, 3.63) is 57.6 Å². The summed E-state index contributed by atoms with van der Waals surface area (Å²) in [6.45, 7) is 0.679.